The summed E-state index contributed by atoms with van der Waals surface area (Å²) in [5.41, 5.74) is 0. The SMILES string of the molecule is O=C(O)C1CC1C1CC=CC=C1F. The molecule has 0 aromatic carbocycles. The molecule has 0 heterocycles. The minimum Gasteiger partial charge on any atom is -0.481 e. The third kappa shape index (κ3) is 1.50. The first-order valence-electron chi connectivity index (χ1n) is 4.45. The fourth-order valence-electron chi connectivity index (χ4n) is 1.94. The van der Waals surface area contributed by atoms with Gasteiger partial charge in [-0.15, -0.1) is 0 Å². The highest BCUT2D eigenvalue weighted by molar-refractivity contribution is 5.73. The van der Waals surface area contributed by atoms with E-state index in [-0.39, 0.29) is 23.6 Å². The van der Waals surface area contributed by atoms with E-state index in [0.717, 1.165) is 0 Å². The van der Waals surface area contributed by atoms with Crippen molar-refractivity contribution in [3.8, 4) is 0 Å². The molecule has 0 aromatic rings. The molecule has 0 amide bonds. The van der Waals surface area contributed by atoms with E-state index in [1.165, 1.54) is 6.08 Å². The molecule has 0 aliphatic heterocycles. The van der Waals surface area contributed by atoms with Crippen molar-refractivity contribution in [2.24, 2.45) is 17.8 Å². The second kappa shape index (κ2) is 2.98. The third-order valence-electron chi connectivity index (χ3n) is 2.81. The van der Waals surface area contributed by atoms with Gasteiger partial charge in [0.2, 0.25) is 0 Å². The summed E-state index contributed by atoms with van der Waals surface area (Å²) in [7, 11) is 0. The number of carboxylic acid groups (broad SMARTS) is 1. The highest BCUT2D eigenvalue weighted by Crippen LogP contribution is 2.49. The Morgan fingerprint density at radius 1 is 1.62 bits per heavy atom. The lowest BCUT2D eigenvalue weighted by Crippen LogP contribution is -2.10. The predicted octanol–water partition coefficient (Wildman–Crippen LogP) is 2.14. The average Bonchev–Trinajstić information content (AvgIpc) is 2.84. The van der Waals surface area contributed by atoms with Crippen molar-refractivity contribution in [2.45, 2.75) is 12.8 Å². The topological polar surface area (TPSA) is 37.3 Å². The maximum Gasteiger partial charge on any atom is 0.306 e. The Balaban J connectivity index is 2.01. The first-order valence-corrected chi connectivity index (χ1v) is 4.45. The van der Waals surface area contributed by atoms with Crippen LogP contribution in [0, 0.1) is 17.8 Å². The molecule has 3 atom stereocenters. The van der Waals surface area contributed by atoms with Crippen LogP contribution in [0.2, 0.25) is 0 Å². The monoisotopic (exact) mass is 182 g/mol. The molecule has 2 aliphatic rings. The van der Waals surface area contributed by atoms with Crippen LogP contribution in [0.5, 0.6) is 0 Å². The first-order chi connectivity index (χ1) is 6.20. The molecule has 13 heavy (non-hydrogen) atoms. The number of hydrogen-bond donors (Lipinski definition) is 1. The molecule has 2 rings (SSSR count). The van der Waals surface area contributed by atoms with Gasteiger partial charge in [-0.2, -0.15) is 0 Å². The summed E-state index contributed by atoms with van der Waals surface area (Å²) in [4.78, 5) is 10.6. The van der Waals surface area contributed by atoms with Crippen LogP contribution in [0.1, 0.15) is 12.8 Å². The lowest BCUT2D eigenvalue weighted by Gasteiger charge is -2.14. The van der Waals surface area contributed by atoms with Gasteiger partial charge in [0.1, 0.15) is 5.83 Å². The van der Waals surface area contributed by atoms with Gasteiger partial charge in [0.25, 0.3) is 0 Å². The number of carboxylic acids is 1. The minimum absolute atomic E-state index is 0.0266. The van der Waals surface area contributed by atoms with Gasteiger partial charge in [-0.05, 0) is 24.8 Å². The molecular formula is C10H11FO2. The molecule has 3 heteroatoms. The van der Waals surface area contributed by atoms with Crippen molar-refractivity contribution in [3.05, 3.63) is 24.1 Å². The van der Waals surface area contributed by atoms with E-state index in [2.05, 4.69) is 0 Å². The summed E-state index contributed by atoms with van der Waals surface area (Å²) < 4.78 is 13.2. The maximum atomic E-state index is 13.2. The molecule has 70 valence electrons. The molecule has 0 spiro atoms. The highest BCUT2D eigenvalue weighted by Gasteiger charge is 2.48. The van der Waals surface area contributed by atoms with E-state index in [4.69, 9.17) is 5.11 Å². The van der Waals surface area contributed by atoms with Crippen LogP contribution in [0.4, 0.5) is 4.39 Å². The Morgan fingerprint density at radius 3 is 2.92 bits per heavy atom. The predicted molar refractivity (Wildman–Crippen MR) is 45.7 cm³/mol. The summed E-state index contributed by atoms with van der Waals surface area (Å²) in [6.07, 6.45) is 6.30. The maximum absolute atomic E-state index is 13.2. The summed E-state index contributed by atoms with van der Waals surface area (Å²) in [6, 6.07) is 0. The normalized spacial score (nSPS) is 37.0. The average molecular weight is 182 g/mol. The number of carbonyl (C=O) groups is 1. The molecule has 2 aliphatic carbocycles. The fraction of sp³-hybridized carbons (Fsp3) is 0.500. The Kier molecular flexibility index (Phi) is 1.94. The number of allylic oxidation sites excluding steroid dienone is 4. The van der Waals surface area contributed by atoms with Gasteiger partial charge in [0, 0.05) is 5.92 Å². The summed E-state index contributed by atoms with van der Waals surface area (Å²) in [5, 5.41) is 8.68. The van der Waals surface area contributed by atoms with Crippen LogP contribution in [-0.4, -0.2) is 11.1 Å². The number of halogens is 1. The number of rotatable bonds is 2. The van der Waals surface area contributed by atoms with Crippen molar-refractivity contribution in [1.29, 1.82) is 0 Å². The molecule has 1 saturated carbocycles. The molecule has 0 bridgehead atoms. The van der Waals surface area contributed by atoms with Crippen molar-refractivity contribution >= 4 is 5.97 Å². The van der Waals surface area contributed by atoms with E-state index in [9.17, 15) is 9.18 Å². The summed E-state index contributed by atoms with van der Waals surface area (Å²) >= 11 is 0. The molecule has 0 radical (unpaired) electrons. The van der Waals surface area contributed by atoms with Crippen molar-refractivity contribution in [1.82, 2.24) is 0 Å². The summed E-state index contributed by atoms with van der Waals surface area (Å²) in [6.45, 7) is 0. The quantitative estimate of drug-likeness (QED) is 0.710. The van der Waals surface area contributed by atoms with Gasteiger partial charge in [-0.25, -0.2) is 4.39 Å². The van der Waals surface area contributed by atoms with Crippen LogP contribution < -0.4 is 0 Å². The fourth-order valence-corrected chi connectivity index (χ4v) is 1.94. The van der Waals surface area contributed by atoms with E-state index in [1.807, 2.05) is 6.08 Å². The standard InChI is InChI=1S/C10H11FO2/c11-9-4-2-1-3-6(9)7-5-8(7)10(12)13/h1-2,4,6-8H,3,5H2,(H,12,13). The lowest BCUT2D eigenvalue weighted by molar-refractivity contribution is -0.139. The van der Waals surface area contributed by atoms with E-state index in [0.29, 0.717) is 12.8 Å². The van der Waals surface area contributed by atoms with Gasteiger partial charge in [0.15, 0.2) is 0 Å². The van der Waals surface area contributed by atoms with E-state index in [1.54, 1.807) is 6.08 Å². The lowest BCUT2D eigenvalue weighted by atomic mass is 9.93. The van der Waals surface area contributed by atoms with Crippen LogP contribution in [0.3, 0.4) is 0 Å². The van der Waals surface area contributed by atoms with Crippen LogP contribution in [0.25, 0.3) is 0 Å². The van der Waals surface area contributed by atoms with Crippen molar-refractivity contribution in [2.75, 3.05) is 0 Å². The van der Waals surface area contributed by atoms with Crippen LogP contribution in [-0.2, 0) is 4.79 Å². The highest BCUT2D eigenvalue weighted by atomic mass is 19.1. The second-order valence-corrected chi connectivity index (χ2v) is 3.67. The first kappa shape index (κ1) is 8.48. The Hall–Kier alpha value is -1.12. The van der Waals surface area contributed by atoms with Crippen molar-refractivity contribution in [3.63, 3.8) is 0 Å². The zero-order valence-electron chi connectivity index (χ0n) is 7.11. The Morgan fingerprint density at radius 2 is 2.38 bits per heavy atom. The van der Waals surface area contributed by atoms with Gasteiger partial charge in [-0.1, -0.05) is 12.2 Å². The zero-order valence-corrected chi connectivity index (χ0v) is 7.11. The van der Waals surface area contributed by atoms with Crippen molar-refractivity contribution < 1.29 is 14.3 Å². The summed E-state index contributed by atoms with van der Waals surface area (Å²) in [5.74, 6) is -1.40. The second-order valence-electron chi connectivity index (χ2n) is 3.67. The zero-order chi connectivity index (χ0) is 9.42. The molecule has 3 unspecified atom stereocenters. The number of hydrogen-bond acceptors (Lipinski definition) is 1. The van der Waals surface area contributed by atoms with Gasteiger partial charge in [-0.3, -0.25) is 4.79 Å². The van der Waals surface area contributed by atoms with E-state index >= 15 is 0 Å². The third-order valence-corrected chi connectivity index (χ3v) is 2.81. The molecular weight excluding hydrogens is 171 g/mol. The molecule has 0 saturated heterocycles. The molecule has 0 aromatic heterocycles. The number of aliphatic carboxylic acids is 1. The van der Waals surface area contributed by atoms with Gasteiger partial charge >= 0.3 is 5.97 Å². The molecule has 1 N–H and O–H groups in total. The van der Waals surface area contributed by atoms with E-state index < -0.39 is 5.97 Å². The van der Waals surface area contributed by atoms with Crippen LogP contribution >= 0.6 is 0 Å². The Bertz CT molecular complexity index is 293. The van der Waals surface area contributed by atoms with Gasteiger partial charge in [0.05, 0.1) is 5.92 Å². The largest absolute Gasteiger partial charge is 0.481 e. The molecule has 2 nitrogen and oxygen atoms in total. The Labute approximate surface area is 75.8 Å². The van der Waals surface area contributed by atoms with Crippen LogP contribution in [0.15, 0.2) is 24.1 Å². The molecule has 1 fully saturated rings. The smallest absolute Gasteiger partial charge is 0.306 e. The van der Waals surface area contributed by atoms with Gasteiger partial charge < -0.3 is 5.11 Å². The minimum atomic E-state index is -0.785.